The number of hydrogen-bond acceptors (Lipinski definition) is 3. The Hall–Kier alpha value is -1.31. The number of nitrogens with zero attached hydrogens (tertiary/aromatic N) is 1. The molecular weight excluding hydrogens is 190 g/mol. The first-order valence-corrected chi connectivity index (χ1v) is 4.01. The third kappa shape index (κ3) is 2.90. The lowest BCUT2D eigenvalue weighted by atomic mass is 10.2. The fourth-order valence-corrected chi connectivity index (χ4v) is 1.20. The quantitative estimate of drug-likeness (QED) is 0.550. The molecule has 1 rings (SSSR count). The van der Waals surface area contributed by atoms with Crippen LogP contribution in [0, 0.1) is 0 Å². The average molecular weight is 198 g/mol. The minimum absolute atomic E-state index is 0.278. The third-order valence-corrected chi connectivity index (χ3v) is 1.71. The molecule has 0 amide bonds. The van der Waals surface area contributed by atoms with Crippen LogP contribution in [0.5, 0.6) is 5.75 Å². The average Bonchev–Trinajstić information content (AvgIpc) is 2.14. The molecule has 0 bridgehead atoms. The molecule has 0 atom stereocenters. The van der Waals surface area contributed by atoms with Crippen LogP contribution in [-0.2, 0) is 11.3 Å². The topological polar surface area (TPSA) is 38.7 Å². The largest absolute Gasteiger partial charge is 0.497 e. The van der Waals surface area contributed by atoms with Crippen molar-refractivity contribution in [3.8, 4) is 5.75 Å². The standard InChI is InChI=1S/C9H8ClNO2/c1-13-9-3-7(5-11-6-12)2-8(10)4-9/h2-4H,5H2,1H3. The van der Waals surface area contributed by atoms with E-state index in [0.717, 1.165) is 5.56 Å². The molecule has 0 saturated carbocycles. The van der Waals surface area contributed by atoms with E-state index in [9.17, 15) is 4.79 Å². The van der Waals surface area contributed by atoms with E-state index >= 15 is 0 Å². The van der Waals surface area contributed by atoms with E-state index in [4.69, 9.17) is 16.3 Å². The Labute approximate surface area is 81.0 Å². The van der Waals surface area contributed by atoms with E-state index in [1.54, 1.807) is 25.3 Å². The van der Waals surface area contributed by atoms with E-state index in [1.807, 2.05) is 0 Å². The molecule has 13 heavy (non-hydrogen) atoms. The molecule has 0 unspecified atom stereocenters. The van der Waals surface area contributed by atoms with Gasteiger partial charge in [-0.25, -0.2) is 9.79 Å². The van der Waals surface area contributed by atoms with Crippen LogP contribution in [0.2, 0.25) is 5.02 Å². The molecule has 0 aromatic heterocycles. The van der Waals surface area contributed by atoms with Gasteiger partial charge in [0, 0.05) is 5.02 Å². The van der Waals surface area contributed by atoms with E-state index in [-0.39, 0.29) is 6.54 Å². The summed E-state index contributed by atoms with van der Waals surface area (Å²) in [4.78, 5) is 13.3. The van der Waals surface area contributed by atoms with Gasteiger partial charge in [0.05, 0.1) is 13.7 Å². The molecular formula is C9H8ClNO2. The second-order valence-electron chi connectivity index (χ2n) is 2.41. The summed E-state index contributed by atoms with van der Waals surface area (Å²) in [5, 5.41) is 0.565. The Kier molecular flexibility index (Phi) is 3.50. The molecule has 0 fully saturated rings. The number of carbonyl (C=O) groups excluding carboxylic acids is 1. The Morgan fingerprint density at radius 2 is 2.31 bits per heavy atom. The summed E-state index contributed by atoms with van der Waals surface area (Å²) >= 11 is 5.79. The van der Waals surface area contributed by atoms with Gasteiger partial charge in [-0.05, 0) is 23.8 Å². The van der Waals surface area contributed by atoms with Gasteiger partial charge < -0.3 is 4.74 Å². The second-order valence-corrected chi connectivity index (χ2v) is 2.84. The zero-order valence-electron chi connectivity index (χ0n) is 7.08. The molecule has 1 aromatic rings. The molecule has 0 radical (unpaired) electrons. The van der Waals surface area contributed by atoms with Gasteiger partial charge in [-0.3, -0.25) is 0 Å². The molecule has 0 heterocycles. The summed E-state index contributed by atoms with van der Waals surface area (Å²) in [5.41, 5.74) is 0.827. The Morgan fingerprint density at radius 1 is 1.54 bits per heavy atom. The lowest BCUT2D eigenvalue weighted by molar-refractivity contribution is 0.414. The number of methoxy groups -OCH3 is 1. The summed E-state index contributed by atoms with van der Waals surface area (Å²) < 4.78 is 4.99. The van der Waals surface area contributed by atoms with Crippen LogP contribution in [0.1, 0.15) is 5.56 Å². The van der Waals surface area contributed by atoms with Gasteiger partial charge in [-0.2, -0.15) is 0 Å². The highest BCUT2D eigenvalue weighted by Gasteiger charge is 1.98. The predicted molar refractivity (Wildman–Crippen MR) is 49.8 cm³/mol. The second kappa shape index (κ2) is 4.65. The monoisotopic (exact) mass is 197 g/mol. The first-order chi connectivity index (χ1) is 6.26. The highest BCUT2D eigenvalue weighted by molar-refractivity contribution is 6.30. The molecule has 0 aliphatic heterocycles. The first kappa shape index (κ1) is 9.78. The summed E-state index contributed by atoms with van der Waals surface area (Å²) in [5.74, 6) is 0.656. The lowest BCUT2D eigenvalue weighted by Gasteiger charge is -2.02. The zero-order chi connectivity index (χ0) is 9.68. The van der Waals surface area contributed by atoms with Crippen molar-refractivity contribution in [1.82, 2.24) is 0 Å². The number of benzene rings is 1. The van der Waals surface area contributed by atoms with Crippen molar-refractivity contribution in [2.75, 3.05) is 7.11 Å². The molecule has 0 saturated heterocycles. The molecule has 0 aliphatic carbocycles. The van der Waals surface area contributed by atoms with E-state index in [1.165, 1.54) is 6.08 Å². The fraction of sp³-hybridized carbons (Fsp3) is 0.222. The van der Waals surface area contributed by atoms with Gasteiger partial charge >= 0.3 is 0 Å². The molecule has 4 heteroatoms. The van der Waals surface area contributed by atoms with Gasteiger partial charge in [0.25, 0.3) is 0 Å². The maximum atomic E-state index is 9.86. The van der Waals surface area contributed by atoms with Crippen LogP contribution in [0.4, 0.5) is 0 Å². The highest BCUT2D eigenvalue weighted by Crippen LogP contribution is 2.20. The van der Waals surface area contributed by atoms with Crippen molar-refractivity contribution in [1.29, 1.82) is 0 Å². The number of rotatable bonds is 3. The van der Waals surface area contributed by atoms with Crippen molar-refractivity contribution < 1.29 is 9.53 Å². The molecule has 3 nitrogen and oxygen atoms in total. The minimum atomic E-state index is 0.278. The highest BCUT2D eigenvalue weighted by atomic mass is 35.5. The summed E-state index contributed by atoms with van der Waals surface area (Å²) in [6, 6.07) is 5.19. The van der Waals surface area contributed by atoms with E-state index < -0.39 is 0 Å². The normalized spacial score (nSPS) is 9.08. The molecule has 0 spiro atoms. The van der Waals surface area contributed by atoms with Crippen LogP contribution in [0.15, 0.2) is 23.2 Å². The predicted octanol–water partition coefficient (Wildman–Crippen LogP) is 2.18. The Morgan fingerprint density at radius 3 is 2.92 bits per heavy atom. The Bertz CT molecular complexity index is 345. The van der Waals surface area contributed by atoms with E-state index in [0.29, 0.717) is 10.8 Å². The molecule has 1 aromatic carbocycles. The SMILES string of the molecule is COc1cc(Cl)cc(CN=C=O)c1. The van der Waals surface area contributed by atoms with Crippen molar-refractivity contribution in [3.63, 3.8) is 0 Å². The van der Waals surface area contributed by atoms with Gasteiger partial charge in [-0.1, -0.05) is 11.6 Å². The number of isocyanates is 1. The van der Waals surface area contributed by atoms with Crippen molar-refractivity contribution >= 4 is 17.7 Å². The number of aliphatic imine (C=N–C) groups is 1. The van der Waals surface area contributed by atoms with Crippen LogP contribution < -0.4 is 4.74 Å². The molecule has 68 valence electrons. The zero-order valence-corrected chi connectivity index (χ0v) is 7.84. The van der Waals surface area contributed by atoms with Crippen LogP contribution in [0.25, 0.3) is 0 Å². The number of ether oxygens (including phenoxy) is 1. The third-order valence-electron chi connectivity index (χ3n) is 1.49. The van der Waals surface area contributed by atoms with Crippen molar-refractivity contribution in [2.45, 2.75) is 6.54 Å². The maximum absolute atomic E-state index is 9.86. The van der Waals surface area contributed by atoms with Crippen LogP contribution in [-0.4, -0.2) is 13.2 Å². The number of hydrogen-bond donors (Lipinski definition) is 0. The van der Waals surface area contributed by atoms with Crippen LogP contribution in [0.3, 0.4) is 0 Å². The smallest absolute Gasteiger partial charge is 0.235 e. The van der Waals surface area contributed by atoms with Gasteiger partial charge in [0.15, 0.2) is 0 Å². The van der Waals surface area contributed by atoms with Crippen molar-refractivity contribution in [3.05, 3.63) is 28.8 Å². The summed E-state index contributed by atoms with van der Waals surface area (Å²) in [6.07, 6.45) is 1.46. The van der Waals surface area contributed by atoms with Gasteiger partial charge in [0.2, 0.25) is 6.08 Å². The minimum Gasteiger partial charge on any atom is -0.497 e. The maximum Gasteiger partial charge on any atom is 0.235 e. The fourth-order valence-electron chi connectivity index (χ4n) is 0.953. The van der Waals surface area contributed by atoms with E-state index in [2.05, 4.69) is 4.99 Å². The number of halogens is 1. The molecule has 0 N–H and O–H groups in total. The molecule has 0 aliphatic rings. The van der Waals surface area contributed by atoms with Gasteiger partial charge in [-0.15, -0.1) is 0 Å². The first-order valence-electron chi connectivity index (χ1n) is 3.63. The van der Waals surface area contributed by atoms with Crippen LogP contribution >= 0.6 is 11.6 Å². The Balaban J connectivity index is 2.93. The summed E-state index contributed by atoms with van der Waals surface area (Å²) in [6.45, 7) is 0.278. The summed E-state index contributed by atoms with van der Waals surface area (Å²) in [7, 11) is 1.55. The van der Waals surface area contributed by atoms with Gasteiger partial charge in [0.1, 0.15) is 5.75 Å². The van der Waals surface area contributed by atoms with Crippen molar-refractivity contribution in [2.24, 2.45) is 4.99 Å². The lowest BCUT2D eigenvalue weighted by Crippen LogP contribution is -1.86.